The second kappa shape index (κ2) is 5.58. The maximum Gasteiger partial charge on any atom is 0.0705 e. The van der Waals surface area contributed by atoms with Crippen molar-refractivity contribution in [3.8, 4) is 0 Å². The molecule has 1 atom stereocenters. The van der Waals surface area contributed by atoms with Crippen LogP contribution in [-0.4, -0.2) is 0 Å². The van der Waals surface area contributed by atoms with Gasteiger partial charge in [-0.2, -0.15) is 0 Å². The Morgan fingerprint density at radius 2 is 2.11 bits per heavy atom. The van der Waals surface area contributed by atoms with Crippen LogP contribution < -0.4 is 5.32 Å². The van der Waals surface area contributed by atoms with Crippen molar-refractivity contribution >= 4 is 48.9 Å². The summed E-state index contributed by atoms with van der Waals surface area (Å²) >= 11 is 9.14. The molecule has 1 heterocycles. The number of rotatable bonds is 2. The smallest absolute Gasteiger partial charge is 0.0705 e. The molecule has 4 heteroatoms. The number of nitrogens with one attached hydrogen (secondary N) is 1. The molecule has 0 bridgehead atoms. The van der Waals surface area contributed by atoms with Crippen molar-refractivity contribution in [3.63, 3.8) is 0 Å². The van der Waals surface area contributed by atoms with Crippen molar-refractivity contribution in [1.29, 1.82) is 0 Å². The van der Waals surface area contributed by atoms with E-state index >= 15 is 0 Å². The Bertz CT molecular complexity index is 606. The summed E-state index contributed by atoms with van der Waals surface area (Å²) in [6, 6.07) is 9.19. The average molecular weight is 401 g/mol. The molecule has 1 aromatic carbocycles. The summed E-state index contributed by atoms with van der Waals surface area (Å²) in [7, 11) is 0. The van der Waals surface area contributed by atoms with E-state index in [-0.39, 0.29) is 0 Å². The molecule has 100 valence electrons. The number of fused-ring (bicyclic) bond motifs is 1. The predicted octanol–water partition coefficient (Wildman–Crippen LogP) is 6.07. The predicted molar refractivity (Wildman–Crippen MR) is 90.2 cm³/mol. The molecule has 0 saturated heterocycles. The maximum absolute atomic E-state index is 3.68. The van der Waals surface area contributed by atoms with Gasteiger partial charge in [0.05, 0.1) is 9.83 Å². The first-order valence-corrected chi connectivity index (χ1v) is 8.84. The first-order valence-electron chi connectivity index (χ1n) is 6.44. The quantitative estimate of drug-likeness (QED) is 0.644. The van der Waals surface area contributed by atoms with E-state index in [9.17, 15) is 0 Å². The summed E-state index contributed by atoms with van der Waals surface area (Å²) in [5, 5.41) is 3.68. The molecule has 0 aliphatic heterocycles. The molecule has 1 nitrogen and oxygen atoms in total. The van der Waals surface area contributed by atoms with Crippen LogP contribution in [0.4, 0.5) is 5.69 Å². The molecule has 3 rings (SSSR count). The third-order valence-electron chi connectivity index (χ3n) is 3.54. The number of hydrogen-bond donors (Lipinski definition) is 1. The maximum atomic E-state index is 3.68. The van der Waals surface area contributed by atoms with E-state index in [0.29, 0.717) is 6.04 Å². The molecule has 1 aliphatic carbocycles. The number of hydrogen-bond acceptors (Lipinski definition) is 2. The molecule has 2 aromatic rings. The highest BCUT2D eigenvalue weighted by Crippen LogP contribution is 2.40. The summed E-state index contributed by atoms with van der Waals surface area (Å²) in [5.41, 5.74) is 3.93. The second-order valence-corrected chi connectivity index (χ2v) is 8.37. The average Bonchev–Trinajstić information content (AvgIpc) is 2.74. The molecule has 0 amide bonds. The zero-order valence-electron chi connectivity index (χ0n) is 10.7. The number of benzene rings is 1. The van der Waals surface area contributed by atoms with Gasteiger partial charge < -0.3 is 5.32 Å². The van der Waals surface area contributed by atoms with Gasteiger partial charge in [-0.3, -0.25) is 0 Å². The minimum Gasteiger partial charge on any atom is -0.377 e. The van der Waals surface area contributed by atoms with Gasteiger partial charge in [-0.05, 0) is 87.4 Å². The summed E-state index contributed by atoms with van der Waals surface area (Å²) in [6.45, 7) is 2.11. The van der Waals surface area contributed by atoms with E-state index in [1.165, 1.54) is 44.7 Å². The highest BCUT2D eigenvalue weighted by molar-refractivity contribution is 9.11. The van der Waals surface area contributed by atoms with Gasteiger partial charge in [0.2, 0.25) is 0 Å². The topological polar surface area (TPSA) is 12.0 Å². The Labute approximate surface area is 134 Å². The van der Waals surface area contributed by atoms with Gasteiger partial charge in [-0.25, -0.2) is 0 Å². The highest BCUT2D eigenvalue weighted by Gasteiger charge is 2.22. The molecule has 0 spiro atoms. The number of anilines is 1. The lowest BCUT2D eigenvalue weighted by Gasteiger charge is -2.25. The minimum atomic E-state index is 0.435. The van der Waals surface area contributed by atoms with E-state index in [0.717, 1.165) is 4.47 Å². The van der Waals surface area contributed by atoms with E-state index in [4.69, 9.17) is 0 Å². The lowest BCUT2D eigenvalue weighted by atomic mass is 9.94. The van der Waals surface area contributed by atoms with Crippen molar-refractivity contribution in [2.45, 2.75) is 32.2 Å². The number of halogens is 2. The molecular weight excluding hydrogens is 386 g/mol. The van der Waals surface area contributed by atoms with Crippen LogP contribution in [0.25, 0.3) is 0 Å². The largest absolute Gasteiger partial charge is 0.377 e. The van der Waals surface area contributed by atoms with E-state index < -0.39 is 0 Å². The second-order valence-electron chi connectivity index (χ2n) is 5.00. The van der Waals surface area contributed by atoms with Gasteiger partial charge >= 0.3 is 0 Å². The zero-order valence-corrected chi connectivity index (χ0v) is 14.7. The van der Waals surface area contributed by atoms with Crippen LogP contribution in [0, 0.1) is 6.92 Å². The van der Waals surface area contributed by atoms with Crippen LogP contribution >= 0.6 is 43.2 Å². The minimum absolute atomic E-state index is 0.435. The Kier molecular flexibility index (Phi) is 4.01. The molecule has 0 fully saturated rings. The lowest BCUT2D eigenvalue weighted by molar-refractivity contribution is 0.608. The lowest BCUT2D eigenvalue weighted by Crippen LogP contribution is -2.15. The SMILES string of the molecule is Cc1ccc(NC2CCCc3sc(Br)cc32)c(Br)c1. The number of thiophene rings is 1. The molecule has 1 aromatic heterocycles. The van der Waals surface area contributed by atoms with Gasteiger partial charge in [-0.15, -0.1) is 11.3 Å². The van der Waals surface area contributed by atoms with Gasteiger partial charge in [-0.1, -0.05) is 6.07 Å². The zero-order chi connectivity index (χ0) is 13.4. The molecule has 1 N–H and O–H groups in total. The third kappa shape index (κ3) is 2.91. The Morgan fingerprint density at radius 1 is 1.26 bits per heavy atom. The molecule has 0 saturated carbocycles. The molecule has 19 heavy (non-hydrogen) atoms. The van der Waals surface area contributed by atoms with Crippen LogP contribution in [0.5, 0.6) is 0 Å². The van der Waals surface area contributed by atoms with E-state index in [1.54, 1.807) is 0 Å². The first kappa shape index (κ1) is 13.7. The van der Waals surface area contributed by atoms with Crippen molar-refractivity contribution in [2.75, 3.05) is 5.32 Å². The number of aryl methyl sites for hydroxylation is 2. The molecular formula is C15H15Br2NS. The summed E-state index contributed by atoms with van der Waals surface area (Å²) < 4.78 is 2.39. The Balaban J connectivity index is 1.88. The fourth-order valence-electron chi connectivity index (χ4n) is 2.60. The third-order valence-corrected chi connectivity index (χ3v) is 5.91. The van der Waals surface area contributed by atoms with Crippen LogP contribution in [-0.2, 0) is 6.42 Å². The first-order chi connectivity index (χ1) is 9.13. The van der Waals surface area contributed by atoms with Crippen LogP contribution in [0.2, 0.25) is 0 Å². The van der Waals surface area contributed by atoms with Crippen molar-refractivity contribution in [2.24, 2.45) is 0 Å². The highest BCUT2D eigenvalue weighted by atomic mass is 79.9. The van der Waals surface area contributed by atoms with Gasteiger partial charge in [0.25, 0.3) is 0 Å². The summed E-state index contributed by atoms with van der Waals surface area (Å²) in [6.07, 6.45) is 3.69. The molecule has 1 unspecified atom stereocenters. The van der Waals surface area contributed by atoms with Crippen LogP contribution in [0.3, 0.4) is 0 Å². The monoisotopic (exact) mass is 399 g/mol. The van der Waals surface area contributed by atoms with Crippen molar-refractivity contribution in [3.05, 3.63) is 48.5 Å². The van der Waals surface area contributed by atoms with Crippen molar-refractivity contribution in [1.82, 2.24) is 0 Å². The molecule has 1 aliphatic rings. The van der Waals surface area contributed by atoms with E-state index in [2.05, 4.69) is 68.4 Å². The van der Waals surface area contributed by atoms with Gasteiger partial charge in [0, 0.05) is 15.0 Å². The fraction of sp³-hybridized carbons (Fsp3) is 0.333. The summed E-state index contributed by atoms with van der Waals surface area (Å²) in [4.78, 5) is 1.53. The van der Waals surface area contributed by atoms with Gasteiger partial charge in [0.1, 0.15) is 0 Å². The van der Waals surface area contributed by atoms with Crippen LogP contribution in [0.1, 0.15) is 34.9 Å². The Morgan fingerprint density at radius 3 is 2.89 bits per heavy atom. The van der Waals surface area contributed by atoms with Crippen LogP contribution in [0.15, 0.2) is 32.5 Å². The standard InChI is InChI=1S/C15H15Br2NS/c1-9-5-6-13(11(16)7-9)18-12-3-2-4-14-10(12)8-15(17)19-14/h5-8,12,18H,2-4H2,1H3. The fourth-order valence-corrected chi connectivity index (χ4v) is 5.02. The van der Waals surface area contributed by atoms with E-state index in [1.807, 2.05) is 11.3 Å². The summed E-state index contributed by atoms with van der Waals surface area (Å²) in [5.74, 6) is 0. The van der Waals surface area contributed by atoms with Crippen molar-refractivity contribution < 1.29 is 0 Å². The van der Waals surface area contributed by atoms with Gasteiger partial charge in [0.15, 0.2) is 0 Å². The normalized spacial score (nSPS) is 18.2. The Hall–Kier alpha value is -0.320. The molecule has 0 radical (unpaired) electrons.